The molecule has 0 heterocycles. The Morgan fingerprint density at radius 2 is 2.00 bits per heavy atom. The highest BCUT2D eigenvalue weighted by Gasteiger charge is 2.16. The Balaban J connectivity index is 4.10. The van der Waals surface area contributed by atoms with Crippen molar-refractivity contribution in [2.75, 3.05) is 5.75 Å². The summed E-state index contributed by atoms with van der Waals surface area (Å²) < 4.78 is 28.8. The summed E-state index contributed by atoms with van der Waals surface area (Å²) in [4.78, 5) is 10.4. The van der Waals surface area contributed by atoms with E-state index in [9.17, 15) is 13.2 Å². The van der Waals surface area contributed by atoms with Gasteiger partial charge in [0.1, 0.15) is 5.75 Å². The van der Waals surface area contributed by atoms with Crippen molar-refractivity contribution < 1.29 is 22.9 Å². The molecule has 0 bridgehead atoms. The fourth-order valence-electron chi connectivity index (χ4n) is 0.687. The van der Waals surface area contributed by atoms with E-state index in [2.05, 4.69) is 6.58 Å². The molecule has 76 valence electrons. The van der Waals surface area contributed by atoms with Crippen molar-refractivity contribution in [3.8, 4) is 0 Å². The molecule has 0 spiro atoms. The van der Waals surface area contributed by atoms with E-state index in [0.717, 1.165) is 0 Å². The van der Waals surface area contributed by atoms with Gasteiger partial charge in [-0.15, -0.1) is 0 Å². The van der Waals surface area contributed by atoms with Gasteiger partial charge in [-0.2, -0.15) is 8.42 Å². The zero-order chi connectivity index (χ0) is 10.6. The predicted octanol–water partition coefficient (Wildman–Crippen LogP) is -1.33. The third kappa shape index (κ3) is 6.26. The lowest BCUT2D eigenvalue weighted by atomic mass is 10.1. The number of primary amides is 1. The van der Waals surface area contributed by atoms with Crippen LogP contribution in [0, 0.1) is 0 Å². The molecule has 0 aromatic carbocycles. The second-order valence-electron chi connectivity index (χ2n) is 2.57. The van der Waals surface area contributed by atoms with Crippen LogP contribution in [0.15, 0.2) is 12.2 Å². The fraction of sp³-hybridized carbons (Fsp3) is 0.500. The predicted molar refractivity (Wildman–Crippen MR) is 45.4 cm³/mol. The van der Waals surface area contributed by atoms with E-state index in [0.29, 0.717) is 0 Å². The van der Waals surface area contributed by atoms with Gasteiger partial charge in [0.2, 0.25) is 5.91 Å². The summed E-state index contributed by atoms with van der Waals surface area (Å²) in [6.07, 6.45) is -1.63. The van der Waals surface area contributed by atoms with Crippen LogP contribution in [0.3, 0.4) is 0 Å². The SMILES string of the molecule is C=C(CC(O)CS(=O)(=O)O)C(N)=O. The minimum atomic E-state index is -4.24. The number of aliphatic hydroxyl groups excluding tert-OH is 1. The minimum Gasteiger partial charge on any atom is -0.392 e. The molecule has 0 aromatic heterocycles. The van der Waals surface area contributed by atoms with E-state index in [1.807, 2.05) is 0 Å². The highest BCUT2D eigenvalue weighted by molar-refractivity contribution is 7.85. The molecular weight excluding hydrogens is 198 g/mol. The molecule has 4 N–H and O–H groups in total. The van der Waals surface area contributed by atoms with Crippen LogP contribution < -0.4 is 5.73 Å². The minimum absolute atomic E-state index is 0.0869. The van der Waals surface area contributed by atoms with Gasteiger partial charge in [0, 0.05) is 12.0 Å². The largest absolute Gasteiger partial charge is 0.392 e. The maximum absolute atomic E-state index is 10.4. The summed E-state index contributed by atoms with van der Waals surface area (Å²) in [7, 11) is -4.24. The molecule has 1 unspecified atom stereocenters. The Hall–Kier alpha value is -0.920. The van der Waals surface area contributed by atoms with Crippen molar-refractivity contribution in [1.82, 2.24) is 0 Å². The summed E-state index contributed by atoms with van der Waals surface area (Å²) in [6.45, 7) is 3.21. The van der Waals surface area contributed by atoms with Crippen LogP contribution in [0.5, 0.6) is 0 Å². The molecule has 0 radical (unpaired) electrons. The van der Waals surface area contributed by atoms with Gasteiger partial charge < -0.3 is 10.8 Å². The first kappa shape index (κ1) is 12.1. The molecule has 0 aliphatic carbocycles. The van der Waals surface area contributed by atoms with Crippen LogP contribution in [0.4, 0.5) is 0 Å². The lowest BCUT2D eigenvalue weighted by molar-refractivity contribution is -0.114. The number of amides is 1. The Kier molecular flexibility index (Phi) is 4.05. The molecule has 0 aliphatic heterocycles. The third-order valence-corrected chi connectivity index (χ3v) is 2.04. The molecule has 13 heavy (non-hydrogen) atoms. The maximum atomic E-state index is 10.4. The van der Waals surface area contributed by atoms with Crippen LogP contribution in [-0.4, -0.2) is 35.8 Å². The van der Waals surface area contributed by atoms with E-state index < -0.39 is 27.9 Å². The lowest BCUT2D eigenvalue weighted by Crippen LogP contribution is -2.24. The van der Waals surface area contributed by atoms with E-state index >= 15 is 0 Å². The van der Waals surface area contributed by atoms with Crippen molar-refractivity contribution in [2.45, 2.75) is 12.5 Å². The second kappa shape index (κ2) is 4.35. The Morgan fingerprint density at radius 3 is 2.31 bits per heavy atom. The van der Waals surface area contributed by atoms with Crippen molar-refractivity contribution in [3.63, 3.8) is 0 Å². The summed E-state index contributed by atoms with van der Waals surface area (Å²) in [5.74, 6) is -1.64. The number of hydrogen-bond donors (Lipinski definition) is 3. The summed E-state index contributed by atoms with van der Waals surface area (Å²) >= 11 is 0. The summed E-state index contributed by atoms with van der Waals surface area (Å²) in [5.41, 5.74) is 4.70. The number of nitrogens with two attached hydrogens (primary N) is 1. The molecule has 6 nitrogen and oxygen atoms in total. The quantitative estimate of drug-likeness (QED) is 0.383. The smallest absolute Gasteiger partial charge is 0.267 e. The first-order valence-electron chi connectivity index (χ1n) is 3.33. The number of rotatable bonds is 5. The number of hydrogen-bond acceptors (Lipinski definition) is 4. The fourth-order valence-corrected chi connectivity index (χ4v) is 1.29. The van der Waals surface area contributed by atoms with Crippen molar-refractivity contribution in [2.24, 2.45) is 5.73 Å². The summed E-state index contributed by atoms with van der Waals surface area (Å²) in [5, 5.41) is 9.00. The average molecular weight is 209 g/mol. The Labute approximate surface area is 75.8 Å². The van der Waals surface area contributed by atoms with Crippen LogP contribution in [0.1, 0.15) is 6.42 Å². The van der Waals surface area contributed by atoms with Gasteiger partial charge in [0.05, 0.1) is 6.10 Å². The first-order valence-corrected chi connectivity index (χ1v) is 4.94. The Morgan fingerprint density at radius 1 is 1.54 bits per heavy atom. The topological polar surface area (TPSA) is 118 Å². The highest BCUT2D eigenvalue weighted by atomic mass is 32.2. The van der Waals surface area contributed by atoms with Gasteiger partial charge >= 0.3 is 0 Å². The Bertz CT molecular complexity index is 307. The van der Waals surface area contributed by atoms with Gasteiger partial charge in [0.25, 0.3) is 10.1 Å². The van der Waals surface area contributed by atoms with Crippen molar-refractivity contribution in [3.05, 3.63) is 12.2 Å². The van der Waals surface area contributed by atoms with Crippen LogP contribution in [0.2, 0.25) is 0 Å². The average Bonchev–Trinajstić information content (AvgIpc) is 1.81. The normalized spacial score (nSPS) is 13.7. The third-order valence-electron chi connectivity index (χ3n) is 1.23. The van der Waals surface area contributed by atoms with Gasteiger partial charge in [-0.05, 0) is 0 Å². The van der Waals surface area contributed by atoms with Crippen LogP contribution in [0.25, 0.3) is 0 Å². The van der Waals surface area contributed by atoms with Crippen LogP contribution in [-0.2, 0) is 14.9 Å². The zero-order valence-corrected chi connectivity index (χ0v) is 7.62. The molecule has 0 saturated heterocycles. The zero-order valence-electron chi connectivity index (χ0n) is 6.80. The van der Waals surface area contributed by atoms with E-state index in [1.54, 1.807) is 0 Å². The van der Waals surface area contributed by atoms with E-state index in [4.69, 9.17) is 15.4 Å². The molecule has 0 aromatic rings. The van der Waals surface area contributed by atoms with Gasteiger partial charge in [0.15, 0.2) is 0 Å². The first-order chi connectivity index (χ1) is 5.72. The number of carbonyl (C=O) groups is 1. The van der Waals surface area contributed by atoms with Gasteiger partial charge in [-0.1, -0.05) is 6.58 Å². The van der Waals surface area contributed by atoms with Crippen molar-refractivity contribution in [1.29, 1.82) is 0 Å². The maximum Gasteiger partial charge on any atom is 0.267 e. The number of carbonyl (C=O) groups excluding carboxylic acids is 1. The molecule has 0 fully saturated rings. The molecule has 0 saturated carbocycles. The van der Waals surface area contributed by atoms with E-state index in [1.165, 1.54) is 0 Å². The molecule has 0 aliphatic rings. The molecule has 1 atom stereocenters. The van der Waals surface area contributed by atoms with Gasteiger partial charge in [-0.3, -0.25) is 9.35 Å². The molecule has 1 amide bonds. The summed E-state index contributed by atoms with van der Waals surface area (Å²) in [6, 6.07) is 0. The number of aliphatic hydroxyl groups is 1. The lowest BCUT2D eigenvalue weighted by Gasteiger charge is -2.07. The van der Waals surface area contributed by atoms with Gasteiger partial charge in [-0.25, -0.2) is 0 Å². The monoisotopic (exact) mass is 209 g/mol. The van der Waals surface area contributed by atoms with Crippen LogP contribution >= 0.6 is 0 Å². The molecule has 7 heteroatoms. The van der Waals surface area contributed by atoms with Crippen molar-refractivity contribution >= 4 is 16.0 Å². The second-order valence-corrected chi connectivity index (χ2v) is 4.07. The molecular formula is C6H11NO5S. The highest BCUT2D eigenvalue weighted by Crippen LogP contribution is 2.04. The molecule has 0 rings (SSSR count). The standard InChI is InChI=1S/C6H11NO5S/c1-4(6(7)9)2-5(8)3-13(10,11)12/h5,8H,1-3H2,(H2,7,9)(H,10,11,12). The van der Waals surface area contributed by atoms with E-state index in [-0.39, 0.29) is 12.0 Å².